The van der Waals surface area contributed by atoms with Crippen molar-refractivity contribution in [1.82, 2.24) is 5.32 Å². The molecule has 0 spiro atoms. The summed E-state index contributed by atoms with van der Waals surface area (Å²) >= 11 is 0. The molecule has 17 heavy (non-hydrogen) atoms. The molecule has 0 saturated heterocycles. The molecule has 2 rings (SSSR count). The van der Waals surface area contributed by atoms with Gasteiger partial charge in [0.25, 0.3) is 0 Å². The van der Waals surface area contributed by atoms with Crippen LogP contribution in [0.5, 0.6) is 0 Å². The Labute approximate surface area is 104 Å². The van der Waals surface area contributed by atoms with Crippen molar-refractivity contribution in [2.45, 2.75) is 19.8 Å². The highest BCUT2D eigenvalue weighted by Crippen LogP contribution is 2.26. The van der Waals surface area contributed by atoms with Crippen LogP contribution in [0.25, 0.3) is 0 Å². The molecule has 1 N–H and O–H groups in total. The average Bonchev–Trinajstić information content (AvgIpc) is 2.38. The minimum atomic E-state index is 0.930. The number of para-hydroxylation sites is 1. The van der Waals surface area contributed by atoms with E-state index in [-0.39, 0.29) is 0 Å². The van der Waals surface area contributed by atoms with E-state index in [0.29, 0.717) is 0 Å². The molecule has 1 heterocycles. The van der Waals surface area contributed by atoms with Crippen molar-refractivity contribution in [3.05, 3.63) is 54.4 Å². The van der Waals surface area contributed by atoms with E-state index in [0.717, 1.165) is 13.1 Å². The highest BCUT2D eigenvalue weighted by Gasteiger charge is 2.16. The van der Waals surface area contributed by atoms with Crippen LogP contribution < -0.4 is 10.2 Å². The maximum absolute atomic E-state index is 3.72. The molecule has 2 nitrogen and oxygen atoms in total. The summed E-state index contributed by atoms with van der Waals surface area (Å²) in [4.78, 5) is 2.44. The van der Waals surface area contributed by atoms with E-state index in [4.69, 9.17) is 0 Å². The second kappa shape index (κ2) is 5.58. The Morgan fingerprint density at radius 1 is 1.47 bits per heavy atom. The Kier molecular flexibility index (Phi) is 3.86. The minimum Gasteiger partial charge on any atom is -0.365 e. The van der Waals surface area contributed by atoms with Crippen LogP contribution in [-0.4, -0.2) is 13.1 Å². The van der Waals surface area contributed by atoms with Crippen molar-refractivity contribution >= 4 is 5.69 Å². The third-order valence-corrected chi connectivity index (χ3v) is 3.20. The van der Waals surface area contributed by atoms with E-state index in [1.807, 2.05) is 0 Å². The van der Waals surface area contributed by atoms with Gasteiger partial charge in [-0.3, -0.25) is 0 Å². The zero-order valence-electron chi connectivity index (χ0n) is 10.4. The molecule has 0 aromatic heterocycles. The topological polar surface area (TPSA) is 15.3 Å². The van der Waals surface area contributed by atoms with E-state index in [1.165, 1.54) is 29.8 Å². The summed E-state index contributed by atoms with van der Waals surface area (Å²) in [5.74, 6) is 0. The molecule has 0 amide bonds. The van der Waals surface area contributed by atoms with Crippen LogP contribution >= 0.6 is 0 Å². The summed E-state index contributed by atoms with van der Waals surface area (Å²) in [5, 5.41) is 3.19. The summed E-state index contributed by atoms with van der Waals surface area (Å²) in [6.07, 6.45) is 6.29. The zero-order valence-corrected chi connectivity index (χ0v) is 10.4. The van der Waals surface area contributed by atoms with Gasteiger partial charge >= 0.3 is 0 Å². The van der Waals surface area contributed by atoms with E-state index >= 15 is 0 Å². The predicted molar refractivity (Wildman–Crippen MR) is 74.1 cm³/mol. The number of nitrogens with one attached hydrogen (secondary N) is 1. The van der Waals surface area contributed by atoms with Crippen LogP contribution in [0.2, 0.25) is 0 Å². The number of hydrogen-bond donors (Lipinski definition) is 1. The Morgan fingerprint density at radius 2 is 2.29 bits per heavy atom. The normalized spacial score (nSPS) is 15.4. The molecular weight excluding hydrogens is 208 g/mol. The first-order chi connectivity index (χ1) is 8.35. The van der Waals surface area contributed by atoms with Crippen molar-refractivity contribution in [2.75, 3.05) is 18.0 Å². The van der Waals surface area contributed by atoms with E-state index < -0.39 is 0 Å². The molecule has 0 aliphatic carbocycles. The minimum absolute atomic E-state index is 0.930. The number of fused-ring (bicyclic) bond motifs is 1. The van der Waals surface area contributed by atoms with Crippen molar-refractivity contribution in [2.24, 2.45) is 0 Å². The van der Waals surface area contributed by atoms with Gasteiger partial charge in [0, 0.05) is 17.9 Å². The zero-order chi connectivity index (χ0) is 12.1. The molecule has 1 aliphatic rings. The molecule has 0 unspecified atom stereocenters. The Balaban J connectivity index is 2.15. The standard InChI is InChI=1S/C15H20N2/c1-3-14(16-4-2)12-17-11-7-9-13-8-5-6-10-15(13)17/h3-6,8,10,16H,2,7,9,11-12H2,1H3/b14-3-. The van der Waals surface area contributed by atoms with E-state index in [2.05, 4.69) is 54.1 Å². The lowest BCUT2D eigenvalue weighted by Crippen LogP contribution is -2.33. The van der Waals surface area contributed by atoms with E-state index in [9.17, 15) is 0 Å². The third kappa shape index (κ3) is 2.70. The number of hydrogen-bond acceptors (Lipinski definition) is 2. The molecule has 1 aliphatic heterocycles. The summed E-state index contributed by atoms with van der Waals surface area (Å²) in [5.41, 5.74) is 4.05. The quantitative estimate of drug-likeness (QED) is 0.852. The smallest absolute Gasteiger partial charge is 0.0576 e. The van der Waals surface area contributed by atoms with Gasteiger partial charge in [-0.05, 0) is 37.6 Å². The number of anilines is 1. The second-order valence-electron chi connectivity index (χ2n) is 4.32. The average molecular weight is 228 g/mol. The molecule has 90 valence electrons. The second-order valence-corrected chi connectivity index (χ2v) is 4.32. The van der Waals surface area contributed by atoms with Crippen LogP contribution in [0.15, 0.2) is 48.8 Å². The van der Waals surface area contributed by atoms with Gasteiger partial charge < -0.3 is 10.2 Å². The van der Waals surface area contributed by atoms with Crippen LogP contribution in [0, 0.1) is 0 Å². The lowest BCUT2D eigenvalue weighted by atomic mass is 10.0. The maximum Gasteiger partial charge on any atom is 0.0576 e. The molecular formula is C15H20N2. The van der Waals surface area contributed by atoms with Gasteiger partial charge in [-0.15, -0.1) is 0 Å². The number of nitrogens with zero attached hydrogens (tertiary/aromatic N) is 1. The number of aryl methyl sites for hydroxylation is 1. The van der Waals surface area contributed by atoms with Gasteiger partial charge in [0.1, 0.15) is 0 Å². The first-order valence-electron chi connectivity index (χ1n) is 6.20. The van der Waals surface area contributed by atoms with Crippen molar-refractivity contribution < 1.29 is 0 Å². The molecule has 0 radical (unpaired) electrons. The maximum atomic E-state index is 3.72. The highest BCUT2D eigenvalue weighted by molar-refractivity contribution is 5.56. The summed E-state index contributed by atoms with van der Waals surface area (Å²) in [6.45, 7) is 7.83. The summed E-state index contributed by atoms with van der Waals surface area (Å²) in [7, 11) is 0. The number of benzene rings is 1. The van der Waals surface area contributed by atoms with Crippen LogP contribution in [0.3, 0.4) is 0 Å². The Morgan fingerprint density at radius 3 is 3.06 bits per heavy atom. The molecule has 0 bridgehead atoms. The third-order valence-electron chi connectivity index (χ3n) is 3.20. The lowest BCUT2D eigenvalue weighted by molar-refractivity contribution is 0.704. The largest absolute Gasteiger partial charge is 0.365 e. The molecule has 0 fully saturated rings. The molecule has 1 aromatic rings. The van der Waals surface area contributed by atoms with Gasteiger partial charge in [0.05, 0.1) is 6.54 Å². The van der Waals surface area contributed by atoms with Crippen LogP contribution in [0.4, 0.5) is 5.69 Å². The monoisotopic (exact) mass is 228 g/mol. The Bertz CT molecular complexity index is 421. The number of rotatable bonds is 4. The Hall–Kier alpha value is -1.70. The lowest BCUT2D eigenvalue weighted by Gasteiger charge is -2.32. The molecule has 2 heteroatoms. The molecule has 1 aromatic carbocycles. The van der Waals surface area contributed by atoms with Gasteiger partial charge in [0.15, 0.2) is 0 Å². The first-order valence-corrected chi connectivity index (χ1v) is 6.20. The fourth-order valence-corrected chi connectivity index (χ4v) is 2.33. The molecule has 0 atom stereocenters. The van der Waals surface area contributed by atoms with E-state index in [1.54, 1.807) is 6.20 Å². The molecule has 0 saturated carbocycles. The highest BCUT2D eigenvalue weighted by atomic mass is 15.2. The van der Waals surface area contributed by atoms with Gasteiger partial charge in [-0.2, -0.15) is 0 Å². The van der Waals surface area contributed by atoms with Gasteiger partial charge in [-0.1, -0.05) is 30.9 Å². The SMILES string of the molecule is C=CN/C(=C\C)CN1CCCc2ccccc21. The fraction of sp³-hybridized carbons (Fsp3) is 0.333. The van der Waals surface area contributed by atoms with Crippen molar-refractivity contribution in [1.29, 1.82) is 0 Å². The first kappa shape index (κ1) is 11.8. The van der Waals surface area contributed by atoms with Crippen LogP contribution in [-0.2, 0) is 6.42 Å². The fourth-order valence-electron chi connectivity index (χ4n) is 2.33. The summed E-state index contributed by atoms with van der Waals surface area (Å²) in [6, 6.07) is 8.70. The van der Waals surface area contributed by atoms with Crippen LogP contribution in [0.1, 0.15) is 18.9 Å². The van der Waals surface area contributed by atoms with Crippen molar-refractivity contribution in [3.63, 3.8) is 0 Å². The predicted octanol–water partition coefficient (Wildman–Crippen LogP) is 3.08. The summed E-state index contributed by atoms with van der Waals surface area (Å²) < 4.78 is 0. The van der Waals surface area contributed by atoms with Gasteiger partial charge in [0.2, 0.25) is 0 Å². The van der Waals surface area contributed by atoms with Crippen molar-refractivity contribution in [3.8, 4) is 0 Å². The number of allylic oxidation sites excluding steroid dienone is 1. The van der Waals surface area contributed by atoms with Gasteiger partial charge in [-0.25, -0.2) is 0 Å².